The number of nitrogens with one attached hydrogen (secondary N) is 1. The number of amides is 1. The van der Waals surface area contributed by atoms with Crippen molar-refractivity contribution < 1.29 is 14.7 Å². The van der Waals surface area contributed by atoms with Crippen LogP contribution in [-0.4, -0.2) is 41.8 Å². The van der Waals surface area contributed by atoms with Crippen LogP contribution in [0.25, 0.3) is 27.5 Å². The Morgan fingerprint density at radius 3 is 2.85 bits per heavy atom. The normalized spacial score (nSPS) is 12.2. The molecule has 8 nitrogen and oxygen atoms in total. The Labute approximate surface area is 208 Å². The highest BCUT2D eigenvalue weighted by Gasteiger charge is 2.30. The highest BCUT2D eigenvalue weighted by atomic mass is 35.5. The van der Waals surface area contributed by atoms with Crippen LogP contribution in [0.4, 0.5) is 9.93 Å². The first-order chi connectivity index (χ1) is 16.5. The fourth-order valence-corrected chi connectivity index (χ4v) is 5.72. The number of thiazole rings is 1. The van der Waals surface area contributed by atoms with E-state index in [0.717, 1.165) is 33.1 Å². The summed E-state index contributed by atoms with van der Waals surface area (Å²) in [5.74, 6) is -0.380. The maximum atomic E-state index is 12.1. The predicted molar refractivity (Wildman–Crippen MR) is 134 cm³/mol. The highest BCUT2D eigenvalue weighted by molar-refractivity contribution is 8.13. The number of aryl methyl sites for hydroxylation is 1. The number of carbonyl (C=O) groups is 2. The molecular weight excluding hydrogens is 494 g/mol. The topological polar surface area (TPSA) is 110 Å². The maximum absolute atomic E-state index is 12.1. The lowest BCUT2D eigenvalue weighted by Crippen LogP contribution is -2.07. The maximum Gasteiger partial charge on any atom is 0.335 e. The first kappa shape index (κ1) is 22.6. The zero-order valence-corrected chi connectivity index (χ0v) is 20.3. The predicted octanol–water partition coefficient (Wildman–Crippen LogP) is 5.79. The number of anilines is 1. The first-order valence-corrected chi connectivity index (χ1v) is 12.6. The largest absolute Gasteiger partial charge is 0.478 e. The summed E-state index contributed by atoms with van der Waals surface area (Å²) >= 11 is 9.12. The molecule has 2 N–H and O–H groups in total. The van der Waals surface area contributed by atoms with Gasteiger partial charge >= 0.3 is 5.97 Å². The molecule has 0 fully saturated rings. The van der Waals surface area contributed by atoms with Gasteiger partial charge in [-0.15, -0.1) is 0 Å². The Kier molecular flexibility index (Phi) is 6.11. The molecule has 0 bridgehead atoms. The fraction of sp³-hybridized carbons (Fsp3) is 0.174. The smallest absolute Gasteiger partial charge is 0.335 e. The molecule has 1 aliphatic rings. The number of hydrogen-bond acceptors (Lipinski definition) is 7. The summed E-state index contributed by atoms with van der Waals surface area (Å²) in [4.78, 5) is 33.3. The quantitative estimate of drug-likeness (QED) is 0.348. The van der Waals surface area contributed by atoms with Crippen molar-refractivity contribution in [3.05, 3.63) is 64.6 Å². The molecule has 0 unspecified atom stereocenters. The number of carbonyl (C=O) groups excluding carboxylic acids is 1. The molecule has 5 rings (SSSR count). The van der Waals surface area contributed by atoms with E-state index in [0.29, 0.717) is 29.4 Å². The van der Waals surface area contributed by atoms with Crippen molar-refractivity contribution in [1.29, 1.82) is 0 Å². The summed E-state index contributed by atoms with van der Waals surface area (Å²) in [5.41, 5.74) is 5.07. The number of carboxylic acid groups (broad SMARTS) is 1. The third-order valence-corrected chi connectivity index (χ3v) is 7.33. The van der Waals surface area contributed by atoms with Crippen LogP contribution in [-0.2, 0) is 12.8 Å². The number of rotatable bonds is 5. The van der Waals surface area contributed by atoms with Crippen molar-refractivity contribution in [2.75, 3.05) is 11.1 Å². The van der Waals surface area contributed by atoms with Gasteiger partial charge in [0.1, 0.15) is 0 Å². The van der Waals surface area contributed by atoms with Gasteiger partial charge in [0.25, 0.3) is 5.24 Å². The summed E-state index contributed by atoms with van der Waals surface area (Å²) in [6, 6.07) is 8.38. The molecule has 0 saturated carbocycles. The number of benzene rings is 1. The van der Waals surface area contributed by atoms with Crippen molar-refractivity contribution >= 4 is 51.0 Å². The fourth-order valence-electron chi connectivity index (χ4n) is 3.90. The van der Waals surface area contributed by atoms with Gasteiger partial charge in [-0.25, -0.2) is 14.5 Å². The number of aromatic nitrogens is 4. The Bertz CT molecular complexity index is 1420. The van der Waals surface area contributed by atoms with Gasteiger partial charge in [-0.05, 0) is 48.9 Å². The van der Waals surface area contributed by atoms with Crippen molar-refractivity contribution in [2.24, 2.45) is 0 Å². The van der Waals surface area contributed by atoms with Gasteiger partial charge in [0.2, 0.25) is 0 Å². The average molecular weight is 512 g/mol. The van der Waals surface area contributed by atoms with E-state index in [1.807, 2.05) is 19.1 Å². The van der Waals surface area contributed by atoms with E-state index in [-0.39, 0.29) is 15.8 Å². The molecule has 34 heavy (non-hydrogen) atoms. The summed E-state index contributed by atoms with van der Waals surface area (Å²) < 4.78 is 1.74. The number of hydrogen-bond donors (Lipinski definition) is 2. The van der Waals surface area contributed by atoms with Crippen molar-refractivity contribution in [2.45, 2.75) is 19.8 Å². The van der Waals surface area contributed by atoms with Crippen LogP contribution in [0.15, 0.2) is 42.7 Å². The van der Waals surface area contributed by atoms with Gasteiger partial charge in [-0.3, -0.25) is 15.1 Å². The lowest BCUT2D eigenvalue weighted by atomic mass is 9.95. The number of aromatic carboxylic acids is 1. The van der Waals surface area contributed by atoms with E-state index in [1.54, 1.807) is 23.1 Å². The van der Waals surface area contributed by atoms with E-state index < -0.39 is 5.97 Å². The van der Waals surface area contributed by atoms with Crippen LogP contribution in [0.1, 0.15) is 28.5 Å². The third-order valence-electron chi connectivity index (χ3n) is 5.35. The zero-order valence-electron chi connectivity index (χ0n) is 17.9. The first-order valence-electron chi connectivity index (χ1n) is 10.5. The minimum Gasteiger partial charge on any atom is -0.478 e. The lowest BCUT2D eigenvalue weighted by molar-refractivity contribution is 0.0697. The summed E-state index contributed by atoms with van der Waals surface area (Å²) in [7, 11) is 0. The molecule has 0 spiro atoms. The van der Waals surface area contributed by atoms with E-state index in [4.69, 9.17) is 16.7 Å². The van der Waals surface area contributed by atoms with Gasteiger partial charge < -0.3 is 5.11 Å². The molecule has 1 aliphatic carbocycles. The Hall–Kier alpha value is -3.21. The van der Waals surface area contributed by atoms with E-state index >= 15 is 0 Å². The van der Waals surface area contributed by atoms with Gasteiger partial charge in [0.05, 0.1) is 38.2 Å². The molecule has 0 radical (unpaired) electrons. The molecule has 4 aromatic rings. The molecule has 11 heteroatoms. The van der Waals surface area contributed by atoms with E-state index in [9.17, 15) is 14.7 Å². The Morgan fingerprint density at radius 2 is 2.15 bits per heavy atom. The third kappa shape index (κ3) is 4.08. The molecule has 1 aromatic carbocycles. The average Bonchev–Trinajstić information content (AvgIpc) is 3.40. The number of fused-ring (bicyclic) bond motifs is 3. The minimum atomic E-state index is -1.05. The number of pyridine rings is 1. The van der Waals surface area contributed by atoms with Crippen LogP contribution in [0.3, 0.4) is 0 Å². The second-order valence-electron chi connectivity index (χ2n) is 7.44. The van der Waals surface area contributed by atoms with Crippen molar-refractivity contribution in [3.63, 3.8) is 0 Å². The van der Waals surface area contributed by atoms with Gasteiger partial charge in [-0.2, -0.15) is 5.10 Å². The van der Waals surface area contributed by atoms with Gasteiger partial charge in [0, 0.05) is 23.5 Å². The lowest BCUT2D eigenvalue weighted by Gasteiger charge is -2.15. The number of carboxylic acids is 1. The molecular formula is C23H18ClN5O3S2. The second kappa shape index (κ2) is 9.21. The SMILES string of the molecule is CCSC(=O)Nc1nc2c(s1)-c1c(c(-c3cccnc3)nn1-c1ccc(C(=O)O)cc1Cl)CC2. The highest BCUT2D eigenvalue weighted by Crippen LogP contribution is 2.44. The van der Waals surface area contributed by atoms with E-state index in [2.05, 4.69) is 15.3 Å². The molecule has 3 heterocycles. The molecule has 1 amide bonds. The summed E-state index contributed by atoms with van der Waals surface area (Å²) in [6.45, 7) is 1.92. The standard InChI is InChI=1S/C23H18ClN5O3S2/c1-2-33-23(32)27-22-26-16-7-6-14-18(13-4-3-9-25-11-13)28-29(19(14)20(16)34-22)17-8-5-12(21(30)31)10-15(17)24/h3-5,8-11H,2,6-7H2,1H3,(H,30,31)(H,26,27,32). The van der Waals surface area contributed by atoms with Gasteiger partial charge in [-0.1, -0.05) is 41.6 Å². The minimum absolute atomic E-state index is 0.0964. The number of halogens is 1. The number of nitrogens with zero attached hydrogens (tertiary/aromatic N) is 4. The molecule has 3 aromatic heterocycles. The van der Waals surface area contributed by atoms with Crippen LogP contribution >= 0.6 is 34.7 Å². The molecule has 0 saturated heterocycles. The van der Waals surface area contributed by atoms with Crippen LogP contribution in [0, 0.1) is 0 Å². The molecule has 172 valence electrons. The van der Waals surface area contributed by atoms with Crippen LogP contribution in [0.5, 0.6) is 0 Å². The zero-order chi connectivity index (χ0) is 23.8. The summed E-state index contributed by atoms with van der Waals surface area (Å²) in [5, 5.41) is 17.7. The molecule has 0 aliphatic heterocycles. The molecule has 0 atom stereocenters. The Morgan fingerprint density at radius 1 is 1.29 bits per heavy atom. The van der Waals surface area contributed by atoms with E-state index in [1.165, 1.54) is 35.2 Å². The van der Waals surface area contributed by atoms with Crippen molar-refractivity contribution in [3.8, 4) is 27.5 Å². The van der Waals surface area contributed by atoms with Gasteiger partial charge in [0.15, 0.2) is 5.13 Å². The number of thioether (sulfide) groups is 1. The monoisotopic (exact) mass is 511 g/mol. The Balaban J connectivity index is 1.69. The summed E-state index contributed by atoms with van der Waals surface area (Å²) in [6.07, 6.45) is 4.88. The second-order valence-corrected chi connectivity index (χ2v) is 10.1. The van der Waals surface area contributed by atoms with Crippen LogP contribution in [0.2, 0.25) is 5.02 Å². The van der Waals surface area contributed by atoms with Crippen LogP contribution < -0.4 is 5.32 Å². The van der Waals surface area contributed by atoms with Crippen molar-refractivity contribution in [1.82, 2.24) is 19.7 Å².